The van der Waals surface area contributed by atoms with Crippen molar-refractivity contribution in [3.05, 3.63) is 83.5 Å². The van der Waals surface area contributed by atoms with Crippen molar-refractivity contribution < 1.29 is 0 Å². The Balaban J connectivity index is 2.75. The Morgan fingerprint density at radius 1 is 1.30 bits per heavy atom. The van der Waals surface area contributed by atoms with Crippen molar-refractivity contribution in [2.75, 3.05) is 0 Å². The van der Waals surface area contributed by atoms with Crippen LogP contribution in [0.4, 0.5) is 0 Å². The van der Waals surface area contributed by atoms with Gasteiger partial charge in [0.25, 0.3) is 0 Å². The van der Waals surface area contributed by atoms with E-state index in [9.17, 15) is 0 Å². The minimum Gasteiger partial charge on any atom is -0.346 e. The fraction of sp³-hybridized carbons (Fsp3) is 0.190. The molecule has 2 heteroatoms. The van der Waals surface area contributed by atoms with E-state index >= 15 is 0 Å². The molecule has 0 spiro atoms. The third kappa shape index (κ3) is 3.61. The normalized spacial score (nSPS) is 12.6. The van der Waals surface area contributed by atoms with Gasteiger partial charge in [-0.1, -0.05) is 44.0 Å². The summed E-state index contributed by atoms with van der Waals surface area (Å²) in [7, 11) is 1.92. The average Bonchev–Trinajstić information content (AvgIpc) is 2.89. The van der Waals surface area contributed by atoms with Gasteiger partial charge in [-0.05, 0) is 36.8 Å². The first-order valence-electron chi connectivity index (χ1n) is 7.79. The molecule has 118 valence electrons. The third-order valence-corrected chi connectivity index (χ3v) is 5.93. The Labute approximate surface area is 142 Å². The van der Waals surface area contributed by atoms with Crippen molar-refractivity contribution in [1.82, 2.24) is 4.57 Å². The molecule has 0 aliphatic heterocycles. The van der Waals surface area contributed by atoms with Crippen molar-refractivity contribution in [3.8, 4) is 0 Å². The molecule has 0 fully saturated rings. The topological polar surface area (TPSA) is 4.93 Å². The maximum Gasteiger partial charge on any atom is 0.192 e. The molecule has 0 amide bonds. The first-order valence-corrected chi connectivity index (χ1v) is 9.01. The maximum absolute atomic E-state index is 4.04. The molecule has 1 unspecified atom stereocenters. The molecule has 1 aromatic carbocycles. The summed E-state index contributed by atoms with van der Waals surface area (Å²) in [6.45, 7) is 12.1. The number of nitrogens with zero attached hydrogens (tertiary/aromatic N) is 1. The number of hydrogen-bond donors (Lipinski definition) is 0. The highest BCUT2D eigenvalue weighted by molar-refractivity contribution is 8.04. The lowest BCUT2D eigenvalue weighted by molar-refractivity contribution is 0.957. The highest BCUT2D eigenvalue weighted by Gasteiger charge is 2.32. The lowest BCUT2D eigenvalue weighted by Gasteiger charge is -2.06. The number of benzene rings is 1. The Morgan fingerprint density at radius 2 is 2.04 bits per heavy atom. The Hall–Kier alpha value is -2.15. The smallest absolute Gasteiger partial charge is 0.192 e. The molecule has 0 aliphatic carbocycles. The predicted molar refractivity (Wildman–Crippen MR) is 105 cm³/mol. The van der Waals surface area contributed by atoms with Crippen molar-refractivity contribution in [2.45, 2.75) is 25.2 Å². The molecule has 0 aliphatic rings. The van der Waals surface area contributed by atoms with Crippen molar-refractivity contribution in [1.29, 1.82) is 0 Å². The van der Waals surface area contributed by atoms with Crippen molar-refractivity contribution in [3.63, 3.8) is 0 Å². The second kappa shape index (κ2) is 7.92. The van der Waals surface area contributed by atoms with Crippen LogP contribution >= 0.6 is 0 Å². The quantitative estimate of drug-likeness (QED) is 0.355. The highest BCUT2D eigenvalue weighted by atomic mass is 32.2. The van der Waals surface area contributed by atoms with Crippen LogP contribution in [0, 0.1) is 0 Å². The summed E-state index contributed by atoms with van der Waals surface area (Å²) in [5.74, 6) is 0. The summed E-state index contributed by atoms with van der Waals surface area (Å²) in [4.78, 5) is 3.78. The SMILES string of the molecule is C=CC=C=C(C)[S+](/C(C=C)=C/CC)c1cn(C)c2ccccc12. The van der Waals surface area contributed by atoms with Crippen LogP contribution in [0.1, 0.15) is 20.3 Å². The van der Waals surface area contributed by atoms with E-state index in [2.05, 4.69) is 80.9 Å². The zero-order valence-electron chi connectivity index (χ0n) is 14.2. The van der Waals surface area contributed by atoms with Gasteiger partial charge in [0, 0.05) is 14.0 Å². The van der Waals surface area contributed by atoms with Crippen LogP contribution in [0.15, 0.2) is 88.4 Å². The molecular weight excluding hydrogens is 298 g/mol. The molecule has 1 heterocycles. The second-order valence-electron chi connectivity index (χ2n) is 5.25. The van der Waals surface area contributed by atoms with E-state index in [0.29, 0.717) is 0 Å². The minimum absolute atomic E-state index is 0.177. The largest absolute Gasteiger partial charge is 0.346 e. The summed E-state index contributed by atoms with van der Waals surface area (Å²) in [6.07, 6.45) is 11.1. The monoisotopic (exact) mass is 322 g/mol. The first kappa shape index (κ1) is 17.2. The van der Waals surface area contributed by atoms with Crippen molar-refractivity contribution in [2.24, 2.45) is 7.05 Å². The average molecular weight is 322 g/mol. The van der Waals surface area contributed by atoms with Crippen molar-refractivity contribution >= 4 is 21.8 Å². The molecule has 1 atom stereocenters. The number of para-hydroxylation sites is 1. The van der Waals surface area contributed by atoms with E-state index in [0.717, 1.165) is 6.42 Å². The lowest BCUT2D eigenvalue weighted by Crippen LogP contribution is -2.05. The Kier molecular flexibility index (Phi) is 5.92. The van der Waals surface area contributed by atoms with Gasteiger partial charge in [0.2, 0.25) is 0 Å². The number of aromatic nitrogens is 1. The standard InChI is InChI=1S/C21H24NS/c1-6-9-13-17(4)23(18(8-3)12-7-2)21-16-22(5)20-15-11-10-14-19(20)21/h6,8-12,14-16H,1,3,7H2,2,4-5H3/q+1/b18-12+. The molecule has 23 heavy (non-hydrogen) atoms. The van der Waals surface area contributed by atoms with Gasteiger partial charge >= 0.3 is 0 Å². The molecule has 0 N–H and O–H groups in total. The van der Waals surface area contributed by atoms with Gasteiger partial charge < -0.3 is 4.57 Å². The highest BCUT2D eigenvalue weighted by Crippen LogP contribution is 2.35. The summed E-state index contributed by atoms with van der Waals surface area (Å²) in [5.41, 5.74) is 4.62. The van der Waals surface area contributed by atoms with E-state index in [1.54, 1.807) is 6.08 Å². The molecule has 2 aromatic rings. The number of allylic oxidation sites excluding steroid dienone is 4. The molecular formula is C21H24NS+. The molecule has 2 rings (SSSR count). The second-order valence-corrected chi connectivity index (χ2v) is 7.39. The molecule has 1 nitrogen and oxygen atoms in total. The van der Waals surface area contributed by atoms with E-state index in [4.69, 9.17) is 0 Å². The zero-order valence-corrected chi connectivity index (χ0v) is 15.0. The van der Waals surface area contributed by atoms with Crippen LogP contribution in [-0.4, -0.2) is 4.57 Å². The van der Waals surface area contributed by atoms with E-state index in [-0.39, 0.29) is 10.9 Å². The molecule has 0 saturated carbocycles. The fourth-order valence-corrected chi connectivity index (χ4v) is 4.90. The van der Waals surface area contributed by atoms with Crippen LogP contribution in [0.5, 0.6) is 0 Å². The molecule has 1 aromatic heterocycles. The minimum atomic E-state index is -0.177. The fourth-order valence-electron chi connectivity index (χ4n) is 2.62. The lowest BCUT2D eigenvalue weighted by atomic mass is 10.2. The first-order chi connectivity index (χ1) is 11.1. The van der Waals surface area contributed by atoms with Crippen LogP contribution in [0.3, 0.4) is 0 Å². The third-order valence-electron chi connectivity index (χ3n) is 3.63. The maximum atomic E-state index is 4.04. The van der Waals surface area contributed by atoms with E-state index in [1.165, 1.54) is 25.6 Å². The molecule has 0 radical (unpaired) electrons. The summed E-state index contributed by atoms with van der Waals surface area (Å²) >= 11 is 0. The van der Waals surface area contributed by atoms with Gasteiger partial charge in [0.1, 0.15) is 10.9 Å². The van der Waals surface area contributed by atoms with Gasteiger partial charge in [-0.15, -0.1) is 0 Å². The van der Waals surface area contributed by atoms with Crippen LogP contribution in [0.2, 0.25) is 0 Å². The number of aryl methyl sites for hydroxylation is 1. The van der Waals surface area contributed by atoms with Crippen LogP contribution in [0.25, 0.3) is 10.9 Å². The number of hydrogen-bond acceptors (Lipinski definition) is 0. The van der Waals surface area contributed by atoms with E-state index in [1.807, 2.05) is 12.2 Å². The molecule has 0 bridgehead atoms. The van der Waals surface area contributed by atoms with Gasteiger partial charge in [-0.3, -0.25) is 0 Å². The van der Waals surface area contributed by atoms with Crippen LogP contribution < -0.4 is 0 Å². The number of fused-ring (bicyclic) bond motifs is 1. The number of rotatable bonds is 6. The predicted octanol–water partition coefficient (Wildman–Crippen LogP) is 5.88. The van der Waals surface area contributed by atoms with Gasteiger partial charge in [-0.25, -0.2) is 0 Å². The zero-order chi connectivity index (χ0) is 16.8. The summed E-state index contributed by atoms with van der Waals surface area (Å²) < 4.78 is 2.20. The molecule has 0 saturated heterocycles. The van der Waals surface area contributed by atoms with Gasteiger partial charge in [0.05, 0.1) is 17.1 Å². The summed E-state index contributed by atoms with van der Waals surface area (Å²) in [5, 5.41) is 1.29. The Bertz CT molecular complexity index is 813. The van der Waals surface area contributed by atoms with E-state index < -0.39 is 0 Å². The summed E-state index contributed by atoms with van der Waals surface area (Å²) in [6, 6.07) is 8.54. The Morgan fingerprint density at radius 3 is 2.70 bits per heavy atom. The van der Waals surface area contributed by atoms with Crippen LogP contribution in [-0.2, 0) is 17.9 Å². The van der Waals surface area contributed by atoms with Gasteiger partial charge in [0.15, 0.2) is 14.7 Å². The van der Waals surface area contributed by atoms with Gasteiger partial charge in [-0.2, -0.15) is 0 Å².